The van der Waals surface area contributed by atoms with Crippen molar-refractivity contribution in [2.24, 2.45) is 5.92 Å². The lowest BCUT2D eigenvalue weighted by molar-refractivity contribution is 0.101. The number of nitrogens with zero attached hydrogens (tertiary/aromatic N) is 1. The van der Waals surface area contributed by atoms with Crippen molar-refractivity contribution in [1.29, 1.82) is 0 Å². The Hall–Kier alpha value is -2.04. The van der Waals surface area contributed by atoms with Crippen molar-refractivity contribution in [3.8, 4) is 11.5 Å². The molecule has 0 saturated carbocycles. The van der Waals surface area contributed by atoms with Crippen LogP contribution in [0, 0.1) is 5.92 Å². The Morgan fingerprint density at radius 2 is 1.65 bits per heavy atom. The molecule has 0 aliphatic heterocycles. The minimum Gasteiger partial charge on any atom is -0.493 e. The summed E-state index contributed by atoms with van der Waals surface area (Å²) >= 11 is 0. The fourth-order valence-corrected chi connectivity index (χ4v) is 3.29. The molecule has 0 amide bonds. The summed E-state index contributed by atoms with van der Waals surface area (Å²) in [4.78, 5) is 2.29. The molecule has 0 aliphatic rings. The van der Waals surface area contributed by atoms with E-state index in [1.807, 2.05) is 30.3 Å². The van der Waals surface area contributed by atoms with E-state index in [1.54, 1.807) is 14.2 Å². The second-order valence-corrected chi connectivity index (χ2v) is 7.08. The minimum absolute atomic E-state index is 0.409. The molecule has 0 aliphatic carbocycles. The summed E-state index contributed by atoms with van der Waals surface area (Å²) in [6.07, 6.45) is 0.248. The summed E-state index contributed by atoms with van der Waals surface area (Å²) in [5.41, 5.74) is 2.22. The third kappa shape index (κ3) is 6.04. The maximum atomic E-state index is 10.6. The van der Waals surface area contributed by atoms with E-state index in [-0.39, 0.29) is 0 Å². The molecule has 0 aromatic heterocycles. The van der Waals surface area contributed by atoms with E-state index < -0.39 is 6.10 Å². The van der Waals surface area contributed by atoms with E-state index in [0.717, 1.165) is 29.2 Å². The van der Waals surface area contributed by atoms with Crippen molar-refractivity contribution in [3.05, 3.63) is 59.7 Å². The lowest BCUT2D eigenvalue weighted by Gasteiger charge is -2.27. The molecule has 4 nitrogen and oxygen atoms in total. The van der Waals surface area contributed by atoms with E-state index in [9.17, 15) is 5.11 Å². The van der Waals surface area contributed by atoms with Crippen LogP contribution in [0.5, 0.6) is 11.5 Å². The monoisotopic (exact) mass is 357 g/mol. The molecule has 0 unspecified atom stereocenters. The summed E-state index contributed by atoms with van der Waals surface area (Å²) in [7, 11) is 3.32. The lowest BCUT2D eigenvalue weighted by Crippen LogP contribution is -2.35. The van der Waals surface area contributed by atoms with Crippen molar-refractivity contribution in [2.75, 3.05) is 27.3 Å². The average Bonchev–Trinajstić information content (AvgIpc) is 2.61. The van der Waals surface area contributed by atoms with E-state index in [2.05, 4.69) is 36.9 Å². The Bertz CT molecular complexity index is 658. The van der Waals surface area contributed by atoms with Gasteiger partial charge in [-0.25, -0.2) is 0 Å². The fraction of sp³-hybridized carbons (Fsp3) is 0.455. The molecule has 2 rings (SSSR count). The summed E-state index contributed by atoms with van der Waals surface area (Å²) in [5, 5.41) is 10.6. The van der Waals surface area contributed by atoms with E-state index in [4.69, 9.17) is 9.47 Å². The molecule has 2 aromatic carbocycles. The number of hydrogen-bond donors (Lipinski definition) is 1. The molecule has 26 heavy (non-hydrogen) atoms. The third-order valence-corrected chi connectivity index (χ3v) is 4.28. The number of hydrogen-bond acceptors (Lipinski definition) is 4. The maximum absolute atomic E-state index is 10.6. The summed E-state index contributed by atoms with van der Waals surface area (Å²) in [6.45, 7) is 6.63. The summed E-state index contributed by atoms with van der Waals surface area (Å²) in [5.74, 6) is 2.01. The number of benzene rings is 2. The highest BCUT2D eigenvalue weighted by Crippen LogP contribution is 2.31. The van der Waals surface area contributed by atoms with E-state index >= 15 is 0 Å². The van der Waals surface area contributed by atoms with Gasteiger partial charge in [0.1, 0.15) is 0 Å². The zero-order valence-corrected chi connectivity index (χ0v) is 16.3. The van der Waals surface area contributed by atoms with E-state index in [1.165, 1.54) is 0 Å². The summed E-state index contributed by atoms with van der Waals surface area (Å²) in [6, 6.07) is 16.1. The van der Waals surface area contributed by atoms with Gasteiger partial charge in [0, 0.05) is 25.2 Å². The number of rotatable bonds is 10. The Morgan fingerprint density at radius 3 is 2.27 bits per heavy atom. The van der Waals surface area contributed by atoms with Crippen LogP contribution in [0.15, 0.2) is 48.5 Å². The highest BCUT2D eigenvalue weighted by atomic mass is 16.5. The molecule has 2 aromatic rings. The van der Waals surface area contributed by atoms with Gasteiger partial charge in [-0.3, -0.25) is 4.90 Å². The Balaban J connectivity index is 2.10. The highest BCUT2D eigenvalue weighted by Gasteiger charge is 2.17. The van der Waals surface area contributed by atoms with Crippen LogP contribution in [-0.2, 0) is 13.0 Å². The van der Waals surface area contributed by atoms with Crippen LogP contribution < -0.4 is 9.47 Å². The smallest absolute Gasteiger partial charge is 0.165 e. The Labute approximate surface area is 157 Å². The van der Waals surface area contributed by atoms with Crippen LogP contribution in [0.1, 0.15) is 25.0 Å². The molecular formula is C22H31NO3. The normalized spacial score (nSPS) is 12.4. The predicted octanol–water partition coefficient (Wildman–Crippen LogP) is 3.77. The van der Waals surface area contributed by atoms with Crippen LogP contribution in [0.4, 0.5) is 0 Å². The van der Waals surface area contributed by atoms with Crippen LogP contribution in [0.3, 0.4) is 0 Å². The van der Waals surface area contributed by atoms with Crippen LogP contribution in [0.25, 0.3) is 0 Å². The first-order valence-corrected chi connectivity index (χ1v) is 9.17. The molecule has 142 valence electrons. The molecule has 0 bridgehead atoms. The Morgan fingerprint density at radius 1 is 0.923 bits per heavy atom. The summed E-state index contributed by atoms with van der Waals surface area (Å²) < 4.78 is 11.0. The number of ether oxygens (including phenoxy) is 2. The number of methoxy groups -OCH3 is 2. The topological polar surface area (TPSA) is 41.9 Å². The molecule has 1 N–H and O–H groups in total. The maximum Gasteiger partial charge on any atom is 0.165 e. The molecule has 4 heteroatoms. The second-order valence-electron chi connectivity index (χ2n) is 7.08. The third-order valence-electron chi connectivity index (χ3n) is 4.28. The van der Waals surface area contributed by atoms with Crippen molar-refractivity contribution < 1.29 is 14.6 Å². The number of aliphatic hydroxyl groups excluding tert-OH is 1. The molecule has 0 heterocycles. The van der Waals surface area contributed by atoms with E-state index in [0.29, 0.717) is 25.4 Å². The van der Waals surface area contributed by atoms with Gasteiger partial charge in [0.15, 0.2) is 11.5 Å². The van der Waals surface area contributed by atoms with Gasteiger partial charge in [-0.2, -0.15) is 0 Å². The number of aliphatic hydroxyl groups is 1. The molecule has 1 atom stereocenters. The van der Waals surface area contributed by atoms with Gasteiger partial charge in [0.05, 0.1) is 20.3 Å². The quantitative estimate of drug-likeness (QED) is 0.703. The second kappa shape index (κ2) is 10.2. The predicted molar refractivity (Wildman–Crippen MR) is 106 cm³/mol. The molecule has 0 saturated heterocycles. The van der Waals surface area contributed by atoms with Crippen LogP contribution in [0.2, 0.25) is 0 Å². The van der Waals surface area contributed by atoms with Gasteiger partial charge in [0.2, 0.25) is 0 Å². The molecule has 0 radical (unpaired) electrons. The SMILES string of the molecule is COc1cccc(CN(CC(C)C)C[C@H](O)Cc2ccccc2)c1OC. The first-order chi connectivity index (χ1) is 12.5. The van der Waals surface area contributed by atoms with Gasteiger partial charge in [-0.05, 0) is 24.0 Å². The van der Waals surface area contributed by atoms with Gasteiger partial charge in [-0.15, -0.1) is 0 Å². The van der Waals surface area contributed by atoms with Gasteiger partial charge >= 0.3 is 0 Å². The first-order valence-electron chi connectivity index (χ1n) is 9.17. The largest absolute Gasteiger partial charge is 0.493 e. The van der Waals surface area contributed by atoms with Gasteiger partial charge in [-0.1, -0.05) is 56.3 Å². The van der Waals surface area contributed by atoms with Crippen molar-refractivity contribution in [3.63, 3.8) is 0 Å². The van der Waals surface area contributed by atoms with Crippen molar-refractivity contribution in [2.45, 2.75) is 32.9 Å². The lowest BCUT2D eigenvalue weighted by atomic mass is 10.1. The van der Waals surface area contributed by atoms with Crippen molar-refractivity contribution >= 4 is 0 Å². The minimum atomic E-state index is -0.409. The van der Waals surface area contributed by atoms with Crippen molar-refractivity contribution in [1.82, 2.24) is 4.90 Å². The number of para-hydroxylation sites is 1. The zero-order chi connectivity index (χ0) is 18.9. The standard InChI is InChI=1S/C22H31NO3/c1-17(2)14-23(16-20(24)13-18-9-6-5-7-10-18)15-19-11-8-12-21(25-3)22(19)26-4/h5-12,17,20,24H,13-16H2,1-4H3/t20-/m1/s1. The highest BCUT2D eigenvalue weighted by molar-refractivity contribution is 5.46. The first kappa shape index (κ1) is 20.3. The van der Waals surface area contributed by atoms with Gasteiger partial charge < -0.3 is 14.6 Å². The molecular weight excluding hydrogens is 326 g/mol. The zero-order valence-electron chi connectivity index (χ0n) is 16.3. The van der Waals surface area contributed by atoms with Gasteiger partial charge in [0.25, 0.3) is 0 Å². The van der Waals surface area contributed by atoms with Crippen LogP contribution in [-0.4, -0.2) is 43.4 Å². The molecule has 0 fully saturated rings. The Kier molecular flexibility index (Phi) is 7.95. The molecule has 0 spiro atoms. The fourth-order valence-electron chi connectivity index (χ4n) is 3.29. The average molecular weight is 357 g/mol. The van der Waals surface area contributed by atoms with Crippen LogP contribution >= 0.6 is 0 Å².